The molecule has 5 rings (SSSR count). The zero-order chi connectivity index (χ0) is 22.3. The second-order valence-electron chi connectivity index (χ2n) is 9.24. The fourth-order valence-electron chi connectivity index (χ4n) is 4.69. The number of rotatable bonds is 4. The number of aromatic nitrogens is 4. The average Bonchev–Trinajstić information content (AvgIpc) is 3.28. The lowest BCUT2D eigenvalue weighted by Gasteiger charge is -2.35. The predicted molar refractivity (Wildman–Crippen MR) is 122 cm³/mol. The van der Waals surface area contributed by atoms with Gasteiger partial charge in [-0.15, -0.1) is 0 Å². The summed E-state index contributed by atoms with van der Waals surface area (Å²) in [4.78, 5) is 12.1. The Morgan fingerprint density at radius 3 is 2.78 bits per heavy atom. The standard InChI is InChI=1S/C24H31N5O3/c1-16-15-31-13-11-28(16)20-14-18(24(2,3)30)17-7-9-25-23(22(17)27-20)19-8-10-26-29(19)21-6-4-5-12-32-21/h7-10,14,16,21,30H,4-6,11-13,15H2,1-3H3/t16-,21?/m1/s1. The van der Waals surface area contributed by atoms with Gasteiger partial charge in [-0.05, 0) is 63.8 Å². The maximum Gasteiger partial charge on any atom is 0.150 e. The van der Waals surface area contributed by atoms with Crippen LogP contribution >= 0.6 is 0 Å². The third-order valence-electron chi connectivity index (χ3n) is 6.38. The average molecular weight is 438 g/mol. The molecule has 2 atom stereocenters. The molecular weight excluding hydrogens is 406 g/mol. The summed E-state index contributed by atoms with van der Waals surface area (Å²) in [6, 6.07) is 6.11. The Bertz CT molecular complexity index is 1100. The summed E-state index contributed by atoms with van der Waals surface area (Å²) in [7, 11) is 0. The maximum atomic E-state index is 11.0. The summed E-state index contributed by atoms with van der Waals surface area (Å²) >= 11 is 0. The minimum atomic E-state index is -1.03. The van der Waals surface area contributed by atoms with Crippen LogP contribution in [0.4, 0.5) is 5.82 Å². The minimum Gasteiger partial charge on any atom is -0.386 e. The molecule has 3 aromatic rings. The van der Waals surface area contributed by atoms with Gasteiger partial charge in [0.05, 0.1) is 30.6 Å². The molecule has 0 aliphatic carbocycles. The van der Waals surface area contributed by atoms with E-state index in [4.69, 9.17) is 19.4 Å². The molecule has 0 saturated carbocycles. The molecule has 0 aromatic carbocycles. The second-order valence-corrected chi connectivity index (χ2v) is 9.24. The summed E-state index contributed by atoms with van der Waals surface area (Å²) < 4.78 is 13.6. The molecule has 0 amide bonds. The Labute approximate surface area is 188 Å². The van der Waals surface area contributed by atoms with Gasteiger partial charge in [0.2, 0.25) is 0 Å². The molecule has 8 heteroatoms. The molecule has 170 valence electrons. The fraction of sp³-hybridized carbons (Fsp3) is 0.542. The zero-order valence-electron chi connectivity index (χ0n) is 19.0. The van der Waals surface area contributed by atoms with Crippen molar-refractivity contribution in [3.8, 4) is 11.4 Å². The van der Waals surface area contributed by atoms with Crippen molar-refractivity contribution in [3.63, 3.8) is 0 Å². The Morgan fingerprint density at radius 1 is 1.16 bits per heavy atom. The summed E-state index contributed by atoms with van der Waals surface area (Å²) in [5.41, 5.74) is 2.20. The Kier molecular flexibility index (Phi) is 5.61. The number of anilines is 1. The molecule has 2 aliphatic heterocycles. The van der Waals surface area contributed by atoms with E-state index in [0.29, 0.717) is 13.2 Å². The third-order valence-corrected chi connectivity index (χ3v) is 6.38. The molecular formula is C24H31N5O3. The number of aliphatic hydroxyl groups is 1. The van der Waals surface area contributed by atoms with Gasteiger partial charge in [-0.1, -0.05) is 0 Å². The molecule has 1 N–H and O–H groups in total. The van der Waals surface area contributed by atoms with Crippen LogP contribution in [0.1, 0.15) is 51.8 Å². The van der Waals surface area contributed by atoms with E-state index in [9.17, 15) is 5.11 Å². The fourth-order valence-corrected chi connectivity index (χ4v) is 4.69. The molecule has 5 heterocycles. The van der Waals surface area contributed by atoms with Crippen molar-refractivity contribution in [1.29, 1.82) is 0 Å². The van der Waals surface area contributed by atoms with Crippen LogP contribution in [0.3, 0.4) is 0 Å². The molecule has 2 fully saturated rings. The van der Waals surface area contributed by atoms with Crippen molar-refractivity contribution in [2.45, 2.75) is 57.9 Å². The van der Waals surface area contributed by atoms with Crippen molar-refractivity contribution >= 4 is 16.7 Å². The van der Waals surface area contributed by atoms with Crippen LogP contribution in [-0.2, 0) is 15.1 Å². The van der Waals surface area contributed by atoms with Crippen molar-refractivity contribution in [2.75, 3.05) is 31.3 Å². The van der Waals surface area contributed by atoms with E-state index in [0.717, 1.165) is 66.1 Å². The highest BCUT2D eigenvalue weighted by molar-refractivity contribution is 5.94. The van der Waals surface area contributed by atoms with Gasteiger partial charge >= 0.3 is 0 Å². The first-order chi connectivity index (χ1) is 15.4. The molecule has 2 aliphatic rings. The highest BCUT2D eigenvalue weighted by atomic mass is 16.5. The van der Waals surface area contributed by atoms with Gasteiger partial charge in [0.15, 0.2) is 6.23 Å². The van der Waals surface area contributed by atoms with Crippen LogP contribution in [0.5, 0.6) is 0 Å². The normalized spacial score (nSPS) is 22.4. The second kappa shape index (κ2) is 8.42. The van der Waals surface area contributed by atoms with Gasteiger partial charge in [-0.2, -0.15) is 5.10 Å². The lowest BCUT2D eigenvalue weighted by Crippen LogP contribution is -2.44. The molecule has 0 bridgehead atoms. The molecule has 1 unspecified atom stereocenters. The number of hydrogen-bond donors (Lipinski definition) is 1. The summed E-state index contributed by atoms with van der Waals surface area (Å²) in [6.07, 6.45) is 6.60. The van der Waals surface area contributed by atoms with E-state index in [1.54, 1.807) is 12.4 Å². The highest BCUT2D eigenvalue weighted by Gasteiger charge is 2.28. The Morgan fingerprint density at radius 2 is 2.03 bits per heavy atom. The smallest absolute Gasteiger partial charge is 0.150 e. The van der Waals surface area contributed by atoms with Gasteiger partial charge in [0, 0.05) is 30.9 Å². The molecule has 32 heavy (non-hydrogen) atoms. The number of fused-ring (bicyclic) bond motifs is 1. The molecule has 0 radical (unpaired) electrons. The third kappa shape index (κ3) is 3.87. The topological polar surface area (TPSA) is 85.5 Å². The molecule has 0 spiro atoms. The van der Waals surface area contributed by atoms with E-state index < -0.39 is 5.60 Å². The van der Waals surface area contributed by atoms with E-state index in [1.807, 2.05) is 36.7 Å². The molecule has 2 saturated heterocycles. The van der Waals surface area contributed by atoms with Gasteiger partial charge in [0.1, 0.15) is 17.0 Å². The number of hydrogen-bond acceptors (Lipinski definition) is 7. The van der Waals surface area contributed by atoms with E-state index in [2.05, 4.69) is 16.9 Å². The Balaban J connectivity index is 1.70. The minimum absolute atomic E-state index is 0.0954. The lowest BCUT2D eigenvalue weighted by atomic mass is 9.94. The molecule has 3 aromatic heterocycles. The maximum absolute atomic E-state index is 11.0. The quantitative estimate of drug-likeness (QED) is 0.667. The summed E-state index contributed by atoms with van der Waals surface area (Å²) in [5.74, 6) is 0.833. The van der Waals surface area contributed by atoms with Crippen LogP contribution in [0.2, 0.25) is 0 Å². The first-order valence-corrected chi connectivity index (χ1v) is 11.5. The van der Waals surface area contributed by atoms with Crippen molar-refractivity contribution in [2.24, 2.45) is 0 Å². The monoisotopic (exact) mass is 437 g/mol. The zero-order valence-corrected chi connectivity index (χ0v) is 19.0. The van der Waals surface area contributed by atoms with Crippen molar-refractivity contribution in [3.05, 3.63) is 36.2 Å². The van der Waals surface area contributed by atoms with Crippen LogP contribution in [0.15, 0.2) is 30.6 Å². The molecule has 8 nitrogen and oxygen atoms in total. The van der Waals surface area contributed by atoms with Gasteiger partial charge in [-0.3, -0.25) is 4.98 Å². The predicted octanol–water partition coefficient (Wildman–Crippen LogP) is 3.64. The largest absolute Gasteiger partial charge is 0.386 e. The first kappa shape index (κ1) is 21.3. The van der Waals surface area contributed by atoms with E-state index in [1.165, 1.54) is 0 Å². The van der Waals surface area contributed by atoms with Gasteiger partial charge < -0.3 is 19.5 Å². The lowest BCUT2D eigenvalue weighted by molar-refractivity contribution is -0.0383. The van der Waals surface area contributed by atoms with Gasteiger partial charge in [-0.25, -0.2) is 9.67 Å². The Hall–Kier alpha value is -2.55. The number of pyridine rings is 2. The van der Waals surface area contributed by atoms with E-state index in [-0.39, 0.29) is 12.3 Å². The van der Waals surface area contributed by atoms with Crippen LogP contribution in [0, 0.1) is 0 Å². The van der Waals surface area contributed by atoms with Crippen molar-refractivity contribution in [1.82, 2.24) is 19.7 Å². The van der Waals surface area contributed by atoms with E-state index >= 15 is 0 Å². The van der Waals surface area contributed by atoms with Crippen molar-refractivity contribution < 1.29 is 14.6 Å². The summed E-state index contributed by atoms with van der Waals surface area (Å²) in [6.45, 7) is 8.58. The van der Waals surface area contributed by atoms with Crippen LogP contribution < -0.4 is 4.90 Å². The number of ether oxygens (including phenoxy) is 2. The first-order valence-electron chi connectivity index (χ1n) is 11.5. The van der Waals surface area contributed by atoms with Crippen LogP contribution in [0.25, 0.3) is 22.3 Å². The SMILES string of the molecule is C[C@@H]1COCCN1c1cc(C(C)(C)O)c2ccnc(-c3ccnn3C3CCCCO3)c2n1. The van der Waals surface area contributed by atoms with Gasteiger partial charge in [0.25, 0.3) is 0 Å². The summed E-state index contributed by atoms with van der Waals surface area (Å²) in [5, 5.41) is 16.5. The highest BCUT2D eigenvalue weighted by Crippen LogP contribution is 2.36. The number of morpholine rings is 1. The number of nitrogens with zero attached hydrogens (tertiary/aromatic N) is 5. The van der Waals surface area contributed by atoms with Crippen LogP contribution in [-0.4, -0.2) is 57.3 Å².